The Morgan fingerprint density at radius 1 is 1.62 bits per heavy atom. The van der Waals surface area contributed by atoms with Crippen molar-refractivity contribution < 1.29 is 23.4 Å². The van der Waals surface area contributed by atoms with Gasteiger partial charge in [-0.2, -0.15) is 0 Å². The molecule has 1 aliphatic rings. The number of nitrogens with zero attached hydrogens (tertiary/aromatic N) is 1. The third-order valence-electron chi connectivity index (χ3n) is 4.03. The Bertz CT molecular complexity index is 592. The first-order valence-electron chi connectivity index (χ1n) is 7.82. The smallest absolute Gasteiger partial charge is 0.252 e. The van der Waals surface area contributed by atoms with Gasteiger partial charge in [-0.05, 0) is 19.9 Å². The van der Waals surface area contributed by atoms with E-state index in [0.29, 0.717) is 6.61 Å². The van der Waals surface area contributed by atoms with E-state index < -0.39 is 29.9 Å². The van der Waals surface area contributed by atoms with Crippen molar-refractivity contribution in [2.45, 2.75) is 50.7 Å². The number of anilines is 1. The summed E-state index contributed by atoms with van der Waals surface area (Å²) >= 11 is 0. The second-order valence-corrected chi connectivity index (χ2v) is 6.50. The van der Waals surface area contributed by atoms with E-state index >= 15 is 0 Å². The largest absolute Gasteiger partial charge is 0.387 e. The van der Waals surface area contributed by atoms with Crippen LogP contribution in [0.25, 0.3) is 0 Å². The summed E-state index contributed by atoms with van der Waals surface area (Å²) in [5, 5.41) is 12.6. The molecule has 0 radical (unpaired) electrons. The summed E-state index contributed by atoms with van der Waals surface area (Å²) in [6, 6.07) is 0.866. The predicted molar refractivity (Wildman–Crippen MR) is 85.4 cm³/mol. The van der Waals surface area contributed by atoms with Crippen molar-refractivity contribution in [1.82, 2.24) is 4.98 Å². The molecule has 1 saturated heterocycles. The van der Waals surface area contributed by atoms with Gasteiger partial charge in [-0.1, -0.05) is 0 Å². The van der Waals surface area contributed by atoms with Crippen LogP contribution in [0.3, 0.4) is 0 Å². The highest BCUT2D eigenvalue weighted by Gasteiger charge is 2.31. The third kappa shape index (κ3) is 4.39. The second-order valence-electron chi connectivity index (χ2n) is 6.50. The first-order chi connectivity index (χ1) is 11.2. The highest BCUT2D eigenvalue weighted by atomic mass is 19.1. The zero-order valence-electron chi connectivity index (χ0n) is 13.8. The fraction of sp³-hybridized carbons (Fsp3) is 0.625. The van der Waals surface area contributed by atoms with E-state index in [2.05, 4.69) is 10.3 Å². The number of nitrogens with two attached hydrogens (primary N) is 1. The van der Waals surface area contributed by atoms with E-state index in [-0.39, 0.29) is 36.4 Å². The standard InChI is InChI=1S/C16H23F2N3O3/c1-16(2,23)13(18)7-11-14(15(19)22)10(3-5-20-11)21-12-8-24-6-4-9(12)17/h3,5,9,12-13,23H,4,6-8H2,1-2H3,(H2,19,22)(H,20,21)/t9?,12?,13-/m1/s1. The van der Waals surface area contributed by atoms with Crippen LogP contribution in [0, 0.1) is 0 Å². The van der Waals surface area contributed by atoms with E-state index in [9.17, 15) is 18.7 Å². The molecule has 6 nitrogen and oxygen atoms in total. The summed E-state index contributed by atoms with van der Waals surface area (Å²) in [5.74, 6) is -0.796. The number of amides is 1. The first-order valence-corrected chi connectivity index (χ1v) is 7.82. The Hall–Kier alpha value is -1.80. The highest BCUT2D eigenvalue weighted by Crippen LogP contribution is 2.25. The molecule has 3 atom stereocenters. The number of hydrogen-bond acceptors (Lipinski definition) is 5. The quantitative estimate of drug-likeness (QED) is 0.725. The second kappa shape index (κ2) is 7.40. The molecular weight excluding hydrogens is 320 g/mol. The minimum absolute atomic E-state index is 0.00201. The number of carbonyl (C=O) groups excluding carboxylic acids is 1. The van der Waals surface area contributed by atoms with Gasteiger partial charge in [-0.15, -0.1) is 0 Å². The molecule has 0 spiro atoms. The topological polar surface area (TPSA) is 97.5 Å². The van der Waals surface area contributed by atoms with Crippen molar-refractivity contribution in [2.75, 3.05) is 18.5 Å². The Balaban J connectivity index is 2.28. The van der Waals surface area contributed by atoms with E-state index in [0.717, 1.165) is 0 Å². The van der Waals surface area contributed by atoms with Crippen LogP contribution in [0.4, 0.5) is 14.5 Å². The van der Waals surface area contributed by atoms with Crippen molar-refractivity contribution in [2.24, 2.45) is 5.73 Å². The number of primary amides is 1. The lowest BCUT2D eigenvalue weighted by atomic mass is 9.96. The number of rotatable bonds is 6. The van der Waals surface area contributed by atoms with Crippen LogP contribution < -0.4 is 11.1 Å². The molecule has 2 unspecified atom stereocenters. The molecule has 4 N–H and O–H groups in total. The van der Waals surface area contributed by atoms with E-state index in [1.165, 1.54) is 26.1 Å². The lowest BCUT2D eigenvalue weighted by Crippen LogP contribution is -2.40. The van der Waals surface area contributed by atoms with Gasteiger partial charge in [0.2, 0.25) is 0 Å². The summed E-state index contributed by atoms with van der Waals surface area (Å²) in [4.78, 5) is 15.8. The minimum Gasteiger partial charge on any atom is -0.387 e. The Morgan fingerprint density at radius 3 is 2.92 bits per heavy atom. The van der Waals surface area contributed by atoms with Gasteiger partial charge in [0, 0.05) is 25.6 Å². The van der Waals surface area contributed by atoms with Crippen molar-refractivity contribution in [3.05, 3.63) is 23.5 Å². The van der Waals surface area contributed by atoms with Gasteiger partial charge in [0.25, 0.3) is 5.91 Å². The monoisotopic (exact) mass is 343 g/mol. The molecule has 0 saturated carbocycles. The van der Waals surface area contributed by atoms with E-state index in [1.54, 1.807) is 0 Å². The Kier molecular flexibility index (Phi) is 5.71. The number of aliphatic hydroxyl groups is 1. The van der Waals surface area contributed by atoms with Gasteiger partial charge in [0.05, 0.1) is 35.2 Å². The first kappa shape index (κ1) is 18.5. The normalized spacial score (nSPS) is 22.9. The number of carbonyl (C=O) groups is 1. The summed E-state index contributed by atoms with van der Waals surface area (Å²) in [6.45, 7) is 3.17. The lowest BCUT2D eigenvalue weighted by Gasteiger charge is -2.29. The fourth-order valence-corrected chi connectivity index (χ4v) is 2.52. The van der Waals surface area contributed by atoms with Gasteiger partial charge in [0.15, 0.2) is 0 Å². The van der Waals surface area contributed by atoms with Gasteiger partial charge in [0.1, 0.15) is 12.3 Å². The Morgan fingerprint density at radius 2 is 2.33 bits per heavy atom. The van der Waals surface area contributed by atoms with Crippen LogP contribution in [0.5, 0.6) is 0 Å². The number of alkyl halides is 2. The maximum absolute atomic E-state index is 14.1. The summed E-state index contributed by atoms with van der Waals surface area (Å²) in [7, 11) is 0. The average Bonchev–Trinajstić information content (AvgIpc) is 2.48. The maximum Gasteiger partial charge on any atom is 0.252 e. The molecular formula is C16H23F2N3O3. The molecule has 1 fully saturated rings. The maximum atomic E-state index is 14.1. The molecule has 2 rings (SSSR count). The molecule has 8 heteroatoms. The van der Waals surface area contributed by atoms with Crippen LogP contribution in [-0.2, 0) is 11.2 Å². The summed E-state index contributed by atoms with van der Waals surface area (Å²) < 4.78 is 33.4. The van der Waals surface area contributed by atoms with Crippen LogP contribution in [-0.4, -0.2) is 53.2 Å². The molecule has 2 heterocycles. The third-order valence-corrected chi connectivity index (χ3v) is 4.03. The van der Waals surface area contributed by atoms with Crippen molar-refractivity contribution >= 4 is 11.6 Å². The Labute approximate surface area is 139 Å². The SMILES string of the molecule is CC(C)(O)[C@H](F)Cc1nccc(NC2COCCC2F)c1C(N)=O. The van der Waals surface area contributed by atoms with Crippen molar-refractivity contribution in [3.8, 4) is 0 Å². The molecule has 0 bridgehead atoms. The molecule has 1 aromatic heterocycles. The molecule has 0 aliphatic carbocycles. The number of ether oxygens (including phenoxy) is 1. The average molecular weight is 343 g/mol. The molecule has 24 heavy (non-hydrogen) atoms. The van der Waals surface area contributed by atoms with Crippen LogP contribution in [0.1, 0.15) is 36.3 Å². The van der Waals surface area contributed by atoms with Gasteiger partial charge in [-0.25, -0.2) is 8.78 Å². The number of nitrogens with one attached hydrogen (secondary N) is 1. The van der Waals surface area contributed by atoms with Gasteiger partial charge in [-0.3, -0.25) is 9.78 Å². The molecule has 0 aromatic carbocycles. The molecule has 1 amide bonds. The summed E-state index contributed by atoms with van der Waals surface area (Å²) in [5.41, 5.74) is 4.24. The van der Waals surface area contributed by atoms with Gasteiger partial charge >= 0.3 is 0 Å². The summed E-state index contributed by atoms with van der Waals surface area (Å²) in [6.07, 6.45) is -1.39. The zero-order valence-corrected chi connectivity index (χ0v) is 13.8. The van der Waals surface area contributed by atoms with Crippen molar-refractivity contribution in [1.29, 1.82) is 0 Å². The molecule has 1 aliphatic heterocycles. The highest BCUT2D eigenvalue weighted by molar-refractivity contribution is 5.99. The van der Waals surface area contributed by atoms with Crippen molar-refractivity contribution in [3.63, 3.8) is 0 Å². The van der Waals surface area contributed by atoms with Crippen LogP contribution in [0.15, 0.2) is 12.3 Å². The zero-order chi connectivity index (χ0) is 17.9. The number of pyridine rings is 1. The lowest BCUT2D eigenvalue weighted by molar-refractivity contribution is -0.00307. The minimum atomic E-state index is -1.63. The molecule has 1 aromatic rings. The number of halogens is 2. The predicted octanol–water partition coefficient (Wildman–Crippen LogP) is 1.37. The number of aromatic nitrogens is 1. The number of hydrogen-bond donors (Lipinski definition) is 3. The van der Waals surface area contributed by atoms with Crippen LogP contribution >= 0.6 is 0 Å². The van der Waals surface area contributed by atoms with E-state index in [4.69, 9.17) is 10.5 Å². The van der Waals surface area contributed by atoms with Crippen LogP contribution in [0.2, 0.25) is 0 Å². The van der Waals surface area contributed by atoms with Gasteiger partial charge < -0.3 is 20.9 Å². The fourth-order valence-electron chi connectivity index (χ4n) is 2.52. The van der Waals surface area contributed by atoms with E-state index in [1.807, 2.05) is 0 Å². The molecule has 134 valence electrons.